The minimum atomic E-state index is 0. The van der Waals surface area contributed by atoms with Gasteiger partial charge in [0.05, 0.1) is 0 Å². The third-order valence-corrected chi connectivity index (χ3v) is 0. The largest absolute Gasteiger partial charge is 0.412 e. The Hall–Kier alpha value is 0.489. The van der Waals surface area contributed by atoms with Gasteiger partial charge in [-0.2, -0.15) is 0 Å². The molecule has 0 heterocycles. The van der Waals surface area contributed by atoms with E-state index in [1.54, 1.807) is 0 Å². The molecule has 0 aromatic heterocycles. The molecule has 0 aliphatic heterocycles. The molecule has 0 spiro atoms. The standard InChI is InChI=1S/4H2O.Tc/h4*1H2;/i;;;;1-8. The van der Waals surface area contributed by atoms with Gasteiger partial charge < -0.3 is 21.9 Å². The monoisotopic (exact) mass is 162 g/mol. The van der Waals surface area contributed by atoms with Crippen LogP contribution in [0.15, 0.2) is 0 Å². The van der Waals surface area contributed by atoms with Crippen LogP contribution in [0, 0.1) is 0 Å². The molecule has 8 N–H and O–H groups in total. The topological polar surface area (TPSA) is 126 Å². The molecule has 5 heavy (non-hydrogen) atoms. The van der Waals surface area contributed by atoms with Crippen LogP contribution in [0.25, 0.3) is 0 Å². The molecule has 0 atom stereocenters. The van der Waals surface area contributed by atoms with Gasteiger partial charge in [0.2, 0.25) is 0 Å². The van der Waals surface area contributed by atoms with Gasteiger partial charge in [-0.15, -0.1) is 0 Å². The summed E-state index contributed by atoms with van der Waals surface area (Å²) < 4.78 is 0. The van der Waals surface area contributed by atoms with E-state index in [0.29, 0.717) is 0 Å². The summed E-state index contributed by atoms with van der Waals surface area (Å²) in [4.78, 5) is 0. The molecular formula is H8O4Tc. The summed E-state index contributed by atoms with van der Waals surface area (Å²) in [5, 5.41) is 0. The first kappa shape index (κ1) is 462. The molecule has 0 rings (SSSR count). The first-order valence-corrected chi connectivity index (χ1v) is 0. The van der Waals surface area contributed by atoms with Gasteiger partial charge in [-0.3, -0.25) is 0 Å². The third-order valence-electron chi connectivity index (χ3n) is 0. The Morgan fingerprint density at radius 3 is 0.400 bits per heavy atom. The van der Waals surface area contributed by atoms with Crippen molar-refractivity contribution < 1.29 is 42.0 Å². The number of hydrogen-bond donors (Lipinski definition) is 0. The molecule has 0 saturated carbocycles. The quantitative estimate of drug-likeness (QED) is 0.353. The van der Waals surface area contributed by atoms with E-state index in [1.165, 1.54) is 0 Å². The second kappa shape index (κ2) is 228. The van der Waals surface area contributed by atoms with E-state index in [-0.39, 0.29) is 42.0 Å². The van der Waals surface area contributed by atoms with Gasteiger partial charge in [0.25, 0.3) is 0 Å². The van der Waals surface area contributed by atoms with Crippen molar-refractivity contribution in [2.45, 2.75) is 0 Å². The Morgan fingerprint density at radius 2 is 0.400 bits per heavy atom. The Kier molecular flexibility index (Phi) is 21100. The van der Waals surface area contributed by atoms with Crippen molar-refractivity contribution >= 4 is 0 Å². The van der Waals surface area contributed by atoms with E-state index in [9.17, 15) is 0 Å². The van der Waals surface area contributed by atoms with E-state index in [4.69, 9.17) is 0 Å². The molecule has 0 bridgehead atoms. The van der Waals surface area contributed by atoms with Crippen LogP contribution in [0.1, 0.15) is 0 Å². The van der Waals surface area contributed by atoms with Gasteiger partial charge in [0.1, 0.15) is 0 Å². The molecule has 0 aliphatic carbocycles. The van der Waals surface area contributed by atoms with E-state index in [1.807, 2.05) is 0 Å². The number of hydrogen-bond acceptors (Lipinski definition) is 0. The van der Waals surface area contributed by atoms with Crippen LogP contribution in [-0.2, 0) is 20.1 Å². The van der Waals surface area contributed by atoms with Gasteiger partial charge in [-0.25, -0.2) is 0 Å². The van der Waals surface area contributed by atoms with E-state index >= 15 is 0 Å². The normalized spacial score (nSPS) is 0. The smallest absolute Gasteiger partial charge is 0 e. The van der Waals surface area contributed by atoms with Crippen molar-refractivity contribution in [1.82, 2.24) is 0 Å². The maximum Gasteiger partial charge on any atom is 0 e. The zero-order chi connectivity index (χ0) is 0. The maximum atomic E-state index is 0. The summed E-state index contributed by atoms with van der Waals surface area (Å²) in [5.41, 5.74) is 0. The molecule has 39 valence electrons. The van der Waals surface area contributed by atoms with Gasteiger partial charge in [-0.05, 0) is 0 Å². The van der Waals surface area contributed by atoms with Crippen molar-refractivity contribution in [2.75, 3.05) is 0 Å². The molecular weight excluding hydrogens is 154 g/mol. The summed E-state index contributed by atoms with van der Waals surface area (Å²) >= 11 is 0. The second-order valence-electron chi connectivity index (χ2n) is 0. The molecule has 0 unspecified atom stereocenters. The van der Waals surface area contributed by atoms with Crippen molar-refractivity contribution in [3.05, 3.63) is 0 Å². The van der Waals surface area contributed by atoms with Crippen molar-refractivity contribution in [2.24, 2.45) is 0 Å². The Balaban J connectivity index is 0. The summed E-state index contributed by atoms with van der Waals surface area (Å²) in [5.74, 6) is 0. The van der Waals surface area contributed by atoms with Crippen LogP contribution in [0.5, 0.6) is 0 Å². The zero-order valence-corrected chi connectivity index (χ0v) is 4.24. The molecule has 0 aliphatic rings. The fourth-order valence-electron chi connectivity index (χ4n) is 0. The summed E-state index contributed by atoms with van der Waals surface area (Å²) in [6.45, 7) is 0. The first-order valence-electron chi connectivity index (χ1n) is 0. The average Bonchev–Trinajstić information content (AvgIpc) is 0. The van der Waals surface area contributed by atoms with Crippen molar-refractivity contribution in [3.8, 4) is 0 Å². The van der Waals surface area contributed by atoms with Crippen molar-refractivity contribution in [1.29, 1.82) is 0 Å². The van der Waals surface area contributed by atoms with E-state index < -0.39 is 0 Å². The van der Waals surface area contributed by atoms with Gasteiger partial charge in [0.15, 0.2) is 0 Å². The van der Waals surface area contributed by atoms with Crippen LogP contribution in [0.2, 0.25) is 0 Å². The van der Waals surface area contributed by atoms with Gasteiger partial charge >= 0.3 is 0 Å². The second-order valence-corrected chi connectivity index (χ2v) is 0. The Morgan fingerprint density at radius 1 is 0.400 bits per heavy atom. The van der Waals surface area contributed by atoms with Gasteiger partial charge in [0, 0.05) is 20.1 Å². The molecule has 4 nitrogen and oxygen atoms in total. The number of rotatable bonds is 0. The minimum Gasteiger partial charge on any atom is -0.412 e. The van der Waals surface area contributed by atoms with E-state index in [2.05, 4.69) is 0 Å². The summed E-state index contributed by atoms with van der Waals surface area (Å²) in [7, 11) is 0. The minimum absolute atomic E-state index is 0. The summed E-state index contributed by atoms with van der Waals surface area (Å²) in [6.07, 6.45) is 0. The molecule has 1 radical (unpaired) electrons. The molecule has 0 saturated heterocycles. The molecule has 0 amide bonds. The SMILES string of the molecule is O.O.O.O.[90Tc]. The van der Waals surface area contributed by atoms with Crippen LogP contribution >= 0.6 is 0 Å². The van der Waals surface area contributed by atoms with Crippen LogP contribution in [0.3, 0.4) is 0 Å². The maximum absolute atomic E-state index is 0. The van der Waals surface area contributed by atoms with Crippen LogP contribution < -0.4 is 0 Å². The molecule has 0 aromatic carbocycles. The fourth-order valence-corrected chi connectivity index (χ4v) is 0. The van der Waals surface area contributed by atoms with Crippen molar-refractivity contribution in [3.63, 3.8) is 0 Å². The van der Waals surface area contributed by atoms with Crippen LogP contribution in [0.4, 0.5) is 0 Å². The Labute approximate surface area is 42.8 Å². The van der Waals surface area contributed by atoms with Crippen LogP contribution in [-0.4, -0.2) is 21.9 Å². The Bertz CT molecular complexity index is 3.61. The molecule has 0 fully saturated rings. The van der Waals surface area contributed by atoms with E-state index in [0.717, 1.165) is 0 Å². The first-order chi connectivity index (χ1) is 0. The third kappa shape index (κ3) is 116. The molecule has 0 aromatic rings. The average molecular weight is 162 g/mol. The summed E-state index contributed by atoms with van der Waals surface area (Å²) in [6, 6.07) is 0. The van der Waals surface area contributed by atoms with Gasteiger partial charge in [-0.1, -0.05) is 0 Å². The molecule has 5 heteroatoms. The predicted octanol–water partition coefficient (Wildman–Crippen LogP) is -3.30. The fraction of sp³-hybridized carbons (Fsp3) is 0. The predicted molar refractivity (Wildman–Crippen MR) is 14.5 cm³/mol. The zero-order valence-electron chi connectivity index (χ0n) is 2.38.